The van der Waals surface area contributed by atoms with E-state index in [1.807, 2.05) is 36.2 Å². The van der Waals surface area contributed by atoms with E-state index in [2.05, 4.69) is 5.32 Å². The molecule has 1 aromatic rings. The van der Waals surface area contributed by atoms with Crippen molar-refractivity contribution in [1.82, 2.24) is 10.2 Å². The Balaban J connectivity index is 0.00000242. The van der Waals surface area contributed by atoms with Crippen LogP contribution in [0.15, 0.2) is 29.2 Å². The molecule has 1 saturated heterocycles. The molecule has 1 aromatic carbocycles. The molecule has 6 heteroatoms. The van der Waals surface area contributed by atoms with Crippen LogP contribution in [0.5, 0.6) is 0 Å². The van der Waals surface area contributed by atoms with E-state index in [-0.39, 0.29) is 18.3 Å². The number of amides is 1. The number of benzene rings is 1. The zero-order chi connectivity index (χ0) is 15.1. The second-order valence-corrected chi connectivity index (χ2v) is 7.06. The summed E-state index contributed by atoms with van der Waals surface area (Å²) in [5, 5.41) is 3.96. The van der Waals surface area contributed by atoms with Crippen LogP contribution in [0.25, 0.3) is 0 Å². The Bertz CT molecular complexity index is 454. The van der Waals surface area contributed by atoms with Crippen molar-refractivity contribution in [1.29, 1.82) is 0 Å². The molecule has 0 saturated carbocycles. The number of hydrogen-bond donors (Lipinski definition) is 1. The summed E-state index contributed by atoms with van der Waals surface area (Å²) in [6, 6.07) is 7.78. The first-order valence-electron chi connectivity index (χ1n) is 7.50. The number of carbonyl (C=O) groups is 1. The molecule has 22 heavy (non-hydrogen) atoms. The summed E-state index contributed by atoms with van der Waals surface area (Å²) < 4.78 is 0. The molecule has 0 aromatic heterocycles. The quantitative estimate of drug-likeness (QED) is 0.783. The summed E-state index contributed by atoms with van der Waals surface area (Å²) in [6.07, 6.45) is 2.96. The van der Waals surface area contributed by atoms with Gasteiger partial charge in [-0.1, -0.05) is 11.6 Å². The van der Waals surface area contributed by atoms with E-state index in [1.54, 1.807) is 11.8 Å². The highest BCUT2D eigenvalue weighted by Gasteiger charge is 2.22. The number of rotatable bonds is 6. The van der Waals surface area contributed by atoms with E-state index in [9.17, 15) is 4.79 Å². The third-order valence-electron chi connectivity index (χ3n) is 3.76. The van der Waals surface area contributed by atoms with Crippen LogP contribution in [0.4, 0.5) is 0 Å². The molecular formula is C16H24Cl2N2OS. The smallest absolute Gasteiger partial charge is 0.223 e. The standard InChI is InChI=1S/C16H23ClN2OS.ClH/c1-18-11-13-3-2-9-19(12-13)16(20)8-10-21-15-6-4-14(17)5-7-15;/h4-7,13,18H,2-3,8-12H2,1H3;1H. The maximum Gasteiger partial charge on any atom is 0.223 e. The number of piperidine rings is 1. The number of nitrogens with one attached hydrogen (secondary N) is 1. The highest BCUT2D eigenvalue weighted by molar-refractivity contribution is 7.99. The van der Waals surface area contributed by atoms with Crippen molar-refractivity contribution in [3.8, 4) is 0 Å². The van der Waals surface area contributed by atoms with Crippen molar-refractivity contribution < 1.29 is 4.79 Å². The fourth-order valence-electron chi connectivity index (χ4n) is 2.69. The molecule has 0 spiro atoms. The van der Waals surface area contributed by atoms with E-state index in [0.717, 1.165) is 36.8 Å². The Kier molecular flexibility index (Phi) is 9.25. The minimum Gasteiger partial charge on any atom is -0.342 e. The van der Waals surface area contributed by atoms with Gasteiger partial charge in [-0.2, -0.15) is 0 Å². The monoisotopic (exact) mass is 362 g/mol. The first-order valence-corrected chi connectivity index (χ1v) is 8.86. The average Bonchev–Trinajstić information content (AvgIpc) is 2.50. The minimum absolute atomic E-state index is 0. The van der Waals surface area contributed by atoms with Gasteiger partial charge in [0.25, 0.3) is 0 Å². The number of hydrogen-bond acceptors (Lipinski definition) is 3. The van der Waals surface area contributed by atoms with E-state index >= 15 is 0 Å². The molecule has 1 aliphatic heterocycles. The lowest BCUT2D eigenvalue weighted by Gasteiger charge is -2.32. The van der Waals surface area contributed by atoms with Crippen LogP contribution in [0.2, 0.25) is 5.02 Å². The SMILES string of the molecule is CNCC1CCCN(C(=O)CCSc2ccc(Cl)cc2)C1.Cl. The van der Waals surface area contributed by atoms with Crippen LogP contribution in [0, 0.1) is 5.92 Å². The predicted molar refractivity (Wildman–Crippen MR) is 97.3 cm³/mol. The lowest BCUT2D eigenvalue weighted by Crippen LogP contribution is -2.42. The fourth-order valence-corrected chi connectivity index (χ4v) is 3.66. The Labute approximate surface area is 148 Å². The van der Waals surface area contributed by atoms with Gasteiger partial charge in [0.2, 0.25) is 5.91 Å². The predicted octanol–water partition coefficient (Wildman–Crippen LogP) is 3.70. The Morgan fingerprint density at radius 3 is 2.82 bits per heavy atom. The Morgan fingerprint density at radius 2 is 2.14 bits per heavy atom. The van der Waals surface area contributed by atoms with Crippen LogP contribution in [0.3, 0.4) is 0 Å². The van der Waals surface area contributed by atoms with Crippen molar-refractivity contribution >= 4 is 41.7 Å². The normalized spacial score (nSPS) is 17.9. The molecule has 1 aliphatic rings. The topological polar surface area (TPSA) is 32.3 Å². The van der Waals surface area contributed by atoms with Gasteiger partial charge in [0.1, 0.15) is 0 Å². The van der Waals surface area contributed by atoms with Crippen molar-refractivity contribution in [2.45, 2.75) is 24.2 Å². The number of thioether (sulfide) groups is 1. The maximum absolute atomic E-state index is 12.3. The number of halogens is 2. The van der Waals surface area contributed by atoms with Gasteiger partial charge in [-0.3, -0.25) is 4.79 Å². The lowest BCUT2D eigenvalue weighted by atomic mass is 9.98. The molecule has 0 radical (unpaired) electrons. The van der Waals surface area contributed by atoms with Gasteiger partial charge >= 0.3 is 0 Å². The third kappa shape index (κ3) is 6.37. The van der Waals surface area contributed by atoms with Crippen molar-refractivity contribution in [3.63, 3.8) is 0 Å². The molecule has 1 unspecified atom stereocenters. The molecule has 1 fully saturated rings. The molecule has 1 amide bonds. The highest BCUT2D eigenvalue weighted by Crippen LogP contribution is 2.22. The van der Waals surface area contributed by atoms with Crippen molar-refractivity contribution in [2.75, 3.05) is 32.4 Å². The lowest BCUT2D eigenvalue weighted by molar-refractivity contribution is -0.132. The molecular weight excluding hydrogens is 339 g/mol. The van der Waals surface area contributed by atoms with Crippen LogP contribution in [-0.2, 0) is 4.79 Å². The van der Waals surface area contributed by atoms with Crippen LogP contribution in [0.1, 0.15) is 19.3 Å². The van der Waals surface area contributed by atoms with Gasteiger partial charge in [0.15, 0.2) is 0 Å². The molecule has 2 rings (SSSR count). The van der Waals surface area contributed by atoms with E-state index < -0.39 is 0 Å². The van der Waals surface area contributed by atoms with Gasteiger partial charge in [-0.25, -0.2) is 0 Å². The number of nitrogens with zero attached hydrogens (tertiary/aromatic N) is 1. The van der Waals surface area contributed by atoms with E-state index in [1.165, 1.54) is 11.3 Å². The van der Waals surface area contributed by atoms with E-state index in [4.69, 9.17) is 11.6 Å². The first-order chi connectivity index (χ1) is 10.2. The average molecular weight is 363 g/mol. The zero-order valence-corrected chi connectivity index (χ0v) is 15.3. The summed E-state index contributed by atoms with van der Waals surface area (Å²) in [5.74, 6) is 1.72. The van der Waals surface area contributed by atoms with Crippen molar-refractivity contribution in [2.24, 2.45) is 5.92 Å². The molecule has 3 nitrogen and oxygen atoms in total. The molecule has 1 N–H and O–H groups in total. The minimum atomic E-state index is 0. The largest absolute Gasteiger partial charge is 0.342 e. The summed E-state index contributed by atoms with van der Waals surface area (Å²) in [7, 11) is 1.98. The van der Waals surface area contributed by atoms with Crippen LogP contribution in [-0.4, -0.2) is 43.2 Å². The van der Waals surface area contributed by atoms with Gasteiger partial charge < -0.3 is 10.2 Å². The highest BCUT2D eigenvalue weighted by atomic mass is 35.5. The maximum atomic E-state index is 12.3. The Morgan fingerprint density at radius 1 is 1.41 bits per heavy atom. The Hall–Kier alpha value is -0.420. The number of likely N-dealkylation sites (tertiary alicyclic amines) is 1. The number of carbonyl (C=O) groups excluding carboxylic acids is 1. The summed E-state index contributed by atoms with van der Waals surface area (Å²) in [4.78, 5) is 15.5. The molecule has 1 atom stereocenters. The summed E-state index contributed by atoms with van der Waals surface area (Å²) >= 11 is 7.58. The van der Waals surface area contributed by atoms with Gasteiger partial charge in [0.05, 0.1) is 0 Å². The zero-order valence-electron chi connectivity index (χ0n) is 12.9. The van der Waals surface area contributed by atoms with E-state index in [0.29, 0.717) is 12.3 Å². The molecule has 0 aliphatic carbocycles. The molecule has 1 heterocycles. The summed E-state index contributed by atoms with van der Waals surface area (Å²) in [6.45, 7) is 2.83. The fraction of sp³-hybridized carbons (Fsp3) is 0.562. The molecule has 0 bridgehead atoms. The van der Waals surface area contributed by atoms with Crippen LogP contribution >= 0.6 is 35.8 Å². The van der Waals surface area contributed by atoms with Gasteiger partial charge in [-0.05, 0) is 56.6 Å². The second-order valence-electron chi connectivity index (χ2n) is 5.46. The second kappa shape index (κ2) is 10.4. The van der Waals surface area contributed by atoms with Gasteiger partial charge in [0, 0.05) is 35.2 Å². The third-order valence-corrected chi connectivity index (χ3v) is 5.03. The summed E-state index contributed by atoms with van der Waals surface area (Å²) in [5.41, 5.74) is 0. The van der Waals surface area contributed by atoms with Crippen LogP contribution < -0.4 is 5.32 Å². The van der Waals surface area contributed by atoms with Gasteiger partial charge in [-0.15, -0.1) is 24.2 Å². The molecule has 124 valence electrons. The first kappa shape index (κ1) is 19.6. The van der Waals surface area contributed by atoms with Crippen molar-refractivity contribution in [3.05, 3.63) is 29.3 Å².